The van der Waals surface area contributed by atoms with Crippen LogP contribution in [0.1, 0.15) is 48.3 Å². The van der Waals surface area contributed by atoms with Gasteiger partial charge in [-0.1, -0.05) is 26.5 Å². The number of amides is 1. The van der Waals surface area contributed by atoms with Crippen LogP contribution in [0.5, 0.6) is 0 Å². The standard InChI is InChI=1S/C23H27N5O/c1-5-17-11-20(24-12-14(2)3)22-25-13-21(28(22)27-17)16-6-9-19(15(4)10-16)23(29)26-18-7-8-18/h5-6,9-11,13-14,18,24H,1,7-8,12H2,2-4H3,(H,26,29). The van der Waals surface area contributed by atoms with Gasteiger partial charge in [-0.15, -0.1) is 0 Å². The number of hydrogen-bond acceptors (Lipinski definition) is 4. The maximum Gasteiger partial charge on any atom is 0.251 e. The highest BCUT2D eigenvalue weighted by molar-refractivity contribution is 5.96. The molecule has 1 aromatic carbocycles. The average molecular weight is 390 g/mol. The summed E-state index contributed by atoms with van der Waals surface area (Å²) in [5.41, 5.74) is 6.00. The Balaban J connectivity index is 1.71. The van der Waals surface area contributed by atoms with E-state index in [9.17, 15) is 4.79 Å². The van der Waals surface area contributed by atoms with E-state index in [1.807, 2.05) is 41.9 Å². The molecule has 0 atom stereocenters. The lowest BCUT2D eigenvalue weighted by molar-refractivity contribution is 0.0950. The molecule has 2 aromatic heterocycles. The van der Waals surface area contributed by atoms with Gasteiger partial charge in [0.05, 0.1) is 23.3 Å². The molecule has 6 nitrogen and oxygen atoms in total. The van der Waals surface area contributed by atoms with Crippen molar-refractivity contribution in [2.24, 2.45) is 5.92 Å². The lowest BCUT2D eigenvalue weighted by Gasteiger charge is -2.12. The largest absolute Gasteiger partial charge is 0.382 e. The van der Waals surface area contributed by atoms with Crippen molar-refractivity contribution in [2.45, 2.75) is 39.7 Å². The van der Waals surface area contributed by atoms with E-state index in [0.29, 0.717) is 17.5 Å². The zero-order chi connectivity index (χ0) is 20.5. The lowest BCUT2D eigenvalue weighted by atomic mass is 10.0. The van der Waals surface area contributed by atoms with Gasteiger partial charge in [0, 0.05) is 23.7 Å². The summed E-state index contributed by atoms with van der Waals surface area (Å²) in [7, 11) is 0. The van der Waals surface area contributed by atoms with Gasteiger partial charge in [-0.05, 0) is 55.5 Å². The van der Waals surface area contributed by atoms with Crippen molar-refractivity contribution in [3.63, 3.8) is 0 Å². The number of rotatable bonds is 7. The zero-order valence-electron chi connectivity index (χ0n) is 17.2. The number of carbonyl (C=O) groups excluding carboxylic acids is 1. The first-order chi connectivity index (χ1) is 14.0. The highest BCUT2D eigenvalue weighted by atomic mass is 16.1. The van der Waals surface area contributed by atoms with Gasteiger partial charge in [-0.3, -0.25) is 4.79 Å². The van der Waals surface area contributed by atoms with Crippen LogP contribution in [0.3, 0.4) is 0 Å². The third-order valence-corrected chi connectivity index (χ3v) is 5.08. The summed E-state index contributed by atoms with van der Waals surface area (Å²) >= 11 is 0. The van der Waals surface area contributed by atoms with Crippen molar-refractivity contribution in [1.29, 1.82) is 0 Å². The highest BCUT2D eigenvalue weighted by Gasteiger charge is 2.24. The Morgan fingerprint density at radius 3 is 2.79 bits per heavy atom. The molecule has 1 saturated carbocycles. The molecular weight excluding hydrogens is 362 g/mol. The molecule has 2 heterocycles. The predicted octanol–water partition coefficient (Wildman–Crippen LogP) is 4.31. The fraction of sp³-hybridized carbons (Fsp3) is 0.348. The monoisotopic (exact) mass is 389 g/mol. The first-order valence-electron chi connectivity index (χ1n) is 10.1. The Hall–Kier alpha value is -3.15. The number of nitrogens with zero attached hydrogens (tertiary/aromatic N) is 3. The molecule has 6 heteroatoms. The number of imidazole rings is 1. The van der Waals surface area contributed by atoms with Gasteiger partial charge in [0.15, 0.2) is 5.65 Å². The maximum absolute atomic E-state index is 12.4. The Morgan fingerprint density at radius 2 is 2.14 bits per heavy atom. The minimum atomic E-state index is 0.00179. The number of carbonyl (C=O) groups is 1. The summed E-state index contributed by atoms with van der Waals surface area (Å²) in [6.07, 6.45) is 5.72. The van der Waals surface area contributed by atoms with Crippen LogP contribution in [0.4, 0.5) is 5.69 Å². The predicted molar refractivity (Wildman–Crippen MR) is 117 cm³/mol. The smallest absolute Gasteiger partial charge is 0.251 e. The van der Waals surface area contributed by atoms with Crippen molar-refractivity contribution >= 4 is 23.3 Å². The first kappa shape index (κ1) is 19.2. The molecule has 150 valence electrons. The normalized spacial score (nSPS) is 13.7. The quantitative estimate of drug-likeness (QED) is 0.632. The summed E-state index contributed by atoms with van der Waals surface area (Å²) < 4.78 is 1.85. The first-order valence-corrected chi connectivity index (χ1v) is 10.1. The van der Waals surface area contributed by atoms with Crippen LogP contribution in [0.25, 0.3) is 23.0 Å². The van der Waals surface area contributed by atoms with E-state index in [-0.39, 0.29) is 5.91 Å². The number of aromatic nitrogens is 3. The Morgan fingerprint density at radius 1 is 1.34 bits per heavy atom. The second-order valence-corrected chi connectivity index (χ2v) is 8.12. The van der Waals surface area contributed by atoms with Gasteiger partial charge in [0.1, 0.15) is 0 Å². The number of nitrogens with one attached hydrogen (secondary N) is 2. The van der Waals surface area contributed by atoms with E-state index in [1.165, 1.54) is 0 Å². The molecule has 0 unspecified atom stereocenters. The van der Waals surface area contributed by atoms with Gasteiger partial charge in [0.2, 0.25) is 0 Å². The minimum absolute atomic E-state index is 0.00179. The summed E-state index contributed by atoms with van der Waals surface area (Å²) in [4.78, 5) is 17.0. The molecule has 1 aliphatic rings. The van der Waals surface area contributed by atoms with Gasteiger partial charge < -0.3 is 10.6 Å². The molecule has 29 heavy (non-hydrogen) atoms. The van der Waals surface area contributed by atoms with E-state index in [2.05, 4.69) is 41.1 Å². The number of aryl methyl sites for hydroxylation is 1. The third kappa shape index (κ3) is 4.01. The van der Waals surface area contributed by atoms with Gasteiger partial charge in [-0.2, -0.15) is 5.10 Å². The Labute approximate surface area is 171 Å². The van der Waals surface area contributed by atoms with Crippen LogP contribution < -0.4 is 10.6 Å². The summed E-state index contributed by atoms with van der Waals surface area (Å²) in [5.74, 6) is 0.517. The summed E-state index contributed by atoms with van der Waals surface area (Å²) in [6, 6.07) is 8.18. The number of benzene rings is 1. The van der Waals surface area contributed by atoms with Crippen molar-refractivity contribution < 1.29 is 4.79 Å². The molecule has 1 fully saturated rings. The molecule has 0 radical (unpaired) electrons. The average Bonchev–Trinajstić information content (AvgIpc) is 3.40. The maximum atomic E-state index is 12.4. The molecule has 1 amide bonds. The second kappa shape index (κ2) is 7.70. The topological polar surface area (TPSA) is 71.3 Å². The van der Waals surface area contributed by atoms with Crippen LogP contribution in [-0.2, 0) is 0 Å². The van der Waals surface area contributed by atoms with Crippen molar-refractivity contribution in [1.82, 2.24) is 19.9 Å². The number of hydrogen-bond donors (Lipinski definition) is 2. The van der Waals surface area contributed by atoms with E-state index in [1.54, 1.807) is 6.08 Å². The molecule has 1 aliphatic carbocycles. The van der Waals surface area contributed by atoms with Crippen LogP contribution in [0.2, 0.25) is 0 Å². The summed E-state index contributed by atoms with van der Waals surface area (Å²) in [6.45, 7) is 11.0. The molecular formula is C23H27N5O. The SMILES string of the molecule is C=Cc1cc(NCC(C)C)c2ncc(-c3ccc(C(=O)NC4CC4)c(C)c3)n2n1. The van der Waals surface area contributed by atoms with Gasteiger partial charge in [0.25, 0.3) is 5.91 Å². The van der Waals surface area contributed by atoms with Gasteiger partial charge in [-0.25, -0.2) is 9.50 Å². The van der Waals surface area contributed by atoms with Crippen molar-refractivity contribution in [3.05, 3.63) is 53.9 Å². The van der Waals surface area contributed by atoms with Crippen LogP contribution in [-0.4, -0.2) is 33.1 Å². The minimum Gasteiger partial charge on any atom is -0.382 e. The Bertz CT molecular complexity index is 1080. The molecule has 2 N–H and O–H groups in total. The Kier molecular flexibility index (Phi) is 5.09. The van der Waals surface area contributed by atoms with Crippen LogP contribution in [0, 0.1) is 12.8 Å². The molecule has 3 aromatic rings. The molecule has 0 saturated heterocycles. The van der Waals surface area contributed by atoms with E-state index >= 15 is 0 Å². The molecule has 0 aliphatic heterocycles. The highest BCUT2D eigenvalue weighted by Crippen LogP contribution is 2.27. The number of fused-ring (bicyclic) bond motifs is 1. The molecule has 0 bridgehead atoms. The lowest BCUT2D eigenvalue weighted by Crippen LogP contribution is -2.26. The second-order valence-electron chi connectivity index (χ2n) is 8.12. The van der Waals surface area contributed by atoms with Gasteiger partial charge >= 0.3 is 0 Å². The third-order valence-electron chi connectivity index (χ3n) is 5.08. The summed E-state index contributed by atoms with van der Waals surface area (Å²) in [5, 5.41) is 11.2. The fourth-order valence-electron chi connectivity index (χ4n) is 3.30. The fourth-order valence-corrected chi connectivity index (χ4v) is 3.30. The van der Waals surface area contributed by atoms with E-state index in [4.69, 9.17) is 0 Å². The van der Waals surface area contributed by atoms with Crippen molar-refractivity contribution in [3.8, 4) is 11.3 Å². The zero-order valence-corrected chi connectivity index (χ0v) is 17.2. The number of anilines is 1. The van der Waals surface area contributed by atoms with Crippen LogP contribution in [0.15, 0.2) is 37.0 Å². The van der Waals surface area contributed by atoms with Crippen LogP contribution >= 0.6 is 0 Å². The van der Waals surface area contributed by atoms with E-state index in [0.717, 1.165) is 53.2 Å². The van der Waals surface area contributed by atoms with E-state index < -0.39 is 0 Å². The molecule has 4 rings (SSSR count). The molecule has 0 spiro atoms. The van der Waals surface area contributed by atoms with Crippen molar-refractivity contribution in [2.75, 3.05) is 11.9 Å².